The van der Waals surface area contributed by atoms with Gasteiger partial charge in [-0.3, -0.25) is 4.79 Å². The van der Waals surface area contributed by atoms with Crippen molar-refractivity contribution in [2.45, 2.75) is 40.0 Å². The Morgan fingerprint density at radius 2 is 1.80 bits per heavy atom. The van der Waals surface area contributed by atoms with Crippen LogP contribution in [-0.2, 0) is 4.79 Å². The number of allylic oxidation sites excluding steroid dienone is 2. The van der Waals surface area contributed by atoms with Crippen LogP contribution in [0, 0.1) is 0 Å². The van der Waals surface area contributed by atoms with E-state index in [2.05, 4.69) is 13.8 Å². The fraction of sp³-hybridized carbons (Fsp3) is 0.667. The van der Waals surface area contributed by atoms with Crippen molar-refractivity contribution >= 4 is 5.78 Å². The first-order chi connectivity index (χ1) is 4.70. The normalized spacial score (nSPS) is 9.10. The Morgan fingerprint density at radius 1 is 1.30 bits per heavy atom. The van der Waals surface area contributed by atoms with Gasteiger partial charge in [0.2, 0.25) is 0 Å². The zero-order chi connectivity index (χ0) is 7.98. The van der Waals surface area contributed by atoms with Crippen LogP contribution in [0.25, 0.3) is 0 Å². The molecule has 0 N–H and O–H groups in total. The highest BCUT2D eigenvalue weighted by Gasteiger charge is 1.91. The van der Waals surface area contributed by atoms with Gasteiger partial charge in [0, 0.05) is 6.42 Å². The summed E-state index contributed by atoms with van der Waals surface area (Å²) in [5.74, 6) is 0.249. The standard InChI is InChI=1S/C9H16O/c1-4-9(5-2)7-6-8(3)10/h7H,4-6H2,1-3H3. The Labute approximate surface area is 63.1 Å². The first-order valence-electron chi connectivity index (χ1n) is 3.88. The Morgan fingerprint density at radius 3 is 2.10 bits per heavy atom. The van der Waals surface area contributed by atoms with Gasteiger partial charge in [-0.05, 0) is 19.8 Å². The number of hydrogen-bond donors (Lipinski definition) is 0. The molecule has 0 rings (SSSR count). The minimum atomic E-state index is 0.249. The van der Waals surface area contributed by atoms with Crippen LogP contribution in [0.5, 0.6) is 0 Å². The molecule has 0 aromatic carbocycles. The molecule has 0 spiro atoms. The minimum absolute atomic E-state index is 0.249. The van der Waals surface area contributed by atoms with Gasteiger partial charge < -0.3 is 0 Å². The molecule has 0 aliphatic rings. The van der Waals surface area contributed by atoms with Crippen molar-refractivity contribution in [3.8, 4) is 0 Å². The lowest BCUT2D eigenvalue weighted by atomic mass is 10.1. The second-order valence-corrected chi connectivity index (χ2v) is 2.48. The lowest BCUT2D eigenvalue weighted by Crippen LogP contribution is -1.87. The molecule has 0 bridgehead atoms. The van der Waals surface area contributed by atoms with E-state index >= 15 is 0 Å². The van der Waals surface area contributed by atoms with E-state index in [9.17, 15) is 4.79 Å². The average Bonchev–Trinajstić information content (AvgIpc) is 1.90. The predicted molar refractivity (Wildman–Crippen MR) is 44.0 cm³/mol. The molecule has 0 atom stereocenters. The Balaban J connectivity index is 3.74. The molecule has 1 heteroatoms. The Bertz CT molecular complexity index is 128. The third-order valence-corrected chi connectivity index (χ3v) is 1.59. The third kappa shape index (κ3) is 4.30. The first-order valence-corrected chi connectivity index (χ1v) is 3.88. The molecule has 0 amide bonds. The van der Waals surface area contributed by atoms with Crippen LogP contribution in [-0.4, -0.2) is 5.78 Å². The summed E-state index contributed by atoms with van der Waals surface area (Å²) >= 11 is 0. The van der Waals surface area contributed by atoms with Crippen molar-refractivity contribution < 1.29 is 4.79 Å². The van der Waals surface area contributed by atoms with Crippen LogP contribution >= 0.6 is 0 Å². The molecule has 0 heterocycles. The monoisotopic (exact) mass is 140 g/mol. The van der Waals surface area contributed by atoms with Gasteiger partial charge in [0.1, 0.15) is 5.78 Å². The summed E-state index contributed by atoms with van der Waals surface area (Å²) in [5.41, 5.74) is 1.38. The first kappa shape index (κ1) is 9.41. The van der Waals surface area contributed by atoms with Crippen molar-refractivity contribution in [3.05, 3.63) is 11.6 Å². The van der Waals surface area contributed by atoms with Gasteiger partial charge >= 0.3 is 0 Å². The van der Waals surface area contributed by atoms with E-state index in [1.54, 1.807) is 6.92 Å². The molecule has 0 fully saturated rings. The molecule has 0 saturated heterocycles. The summed E-state index contributed by atoms with van der Waals surface area (Å²) in [6.07, 6.45) is 4.80. The lowest BCUT2D eigenvalue weighted by Gasteiger charge is -1.97. The average molecular weight is 140 g/mol. The van der Waals surface area contributed by atoms with E-state index < -0.39 is 0 Å². The van der Waals surface area contributed by atoms with Gasteiger partial charge in [-0.15, -0.1) is 0 Å². The Hall–Kier alpha value is -0.590. The summed E-state index contributed by atoms with van der Waals surface area (Å²) in [6.45, 7) is 5.87. The van der Waals surface area contributed by atoms with Gasteiger partial charge in [0.25, 0.3) is 0 Å². The van der Waals surface area contributed by atoms with E-state index in [1.165, 1.54) is 5.57 Å². The predicted octanol–water partition coefficient (Wildman–Crippen LogP) is 2.71. The zero-order valence-corrected chi connectivity index (χ0v) is 7.11. The summed E-state index contributed by atoms with van der Waals surface area (Å²) in [4.78, 5) is 10.5. The zero-order valence-electron chi connectivity index (χ0n) is 7.11. The van der Waals surface area contributed by atoms with Crippen LogP contribution in [0.1, 0.15) is 40.0 Å². The fourth-order valence-electron chi connectivity index (χ4n) is 0.827. The number of Topliss-reactive ketones (excluding diaryl/α,β-unsaturated/α-hetero) is 1. The molecule has 1 nitrogen and oxygen atoms in total. The molecule has 58 valence electrons. The summed E-state index contributed by atoms with van der Waals surface area (Å²) in [7, 11) is 0. The Kier molecular flexibility index (Phi) is 4.91. The number of carbonyl (C=O) groups is 1. The molecular weight excluding hydrogens is 124 g/mol. The topological polar surface area (TPSA) is 17.1 Å². The number of hydrogen-bond acceptors (Lipinski definition) is 1. The maximum Gasteiger partial charge on any atom is 0.133 e. The van der Waals surface area contributed by atoms with E-state index in [0.29, 0.717) is 6.42 Å². The van der Waals surface area contributed by atoms with Crippen LogP contribution < -0.4 is 0 Å². The third-order valence-electron chi connectivity index (χ3n) is 1.59. The number of carbonyl (C=O) groups excluding carboxylic acids is 1. The maximum atomic E-state index is 10.5. The number of ketones is 1. The molecule has 0 aliphatic heterocycles. The molecule has 0 radical (unpaired) electrons. The van der Waals surface area contributed by atoms with E-state index in [4.69, 9.17) is 0 Å². The van der Waals surface area contributed by atoms with Crippen molar-refractivity contribution in [2.24, 2.45) is 0 Å². The van der Waals surface area contributed by atoms with Crippen LogP contribution in [0.4, 0.5) is 0 Å². The van der Waals surface area contributed by atoms with Gasteiger partial charge in [-0.25, -0.2) is 0 Å². The SMILES string of the molecule is CCC(=CCC(C)=O)CC. The largest absolute Gasteiger partial charge is 0.300 e. The highest BCUT2D eigenvalue weighted by Crippen LogP contribution is 2.06. The van der Waals surface area contributed by atoms with Gasteiger partial charge in [-0.1, -0.05) is 25.5 Å². The molecule has 10 heavy (non-hydrogen) atoms. The summed E-state index contributed by atoms with van der Waals surface area (Å²) < 4.78 is 0. The van der Waals surface area contributed by atoms with Crippen LogP contribution in [0.15, 0.2) is 11.6 Å². The second kappa shape index (κ2) is 5.21. The molecule has 0 unspecified atom stereocenters. The van der Waals surface area contributed by atoms with Crippen molar-refractivity contribution in [1.82, 2.24) is 0 Å². The second-order valence-electron chi connectivity index (χ2n) is 2.48. The van der Waals surface area contributed by atoms with Gasteiger partial charge in [0.15, 0.2) is 0 Å². The van der Waals surface area contributed by atoms with E-state index in [1.807, 2.05) is 6.08 Å². The van der Waals surface area contributed by atoms with Crippen LogP contribution in [0.2, 0.25) is 0 Å². The summed E-state index contributed by atoms with van der Waals surface area (Å²) in [6, 6.07) is 0. The molecule has 0 aliphatic carbocycles. The fourth-order valence-corrected chi connectivity index (χ4v) is 0.827. The quantitative estimate of drug-likeness (QED) is 0.549. The minimum Gasteiger partial charge on any atom is -0.300 e. The highest BCUT2D eigenvalue weighted by molar-refractivity contribution is 5.77. The lowest BCUT2D eigenvalue weighted by molar-refractivity contribution is -0.116. The number of rotatable bonds is 4. The summed E-state index contributed by atoms with van der Waals surface area (Å²) in [5, 5.41) is 0. The van der Waals surface area contributed by atoms with Crippen molar-refractivity contribution in [3.63, 3.8) is 0 Å². The maximum absolute atomic E-state index is 10.5. The molecule has 0 aromatic rings. The molecule has 0 aromatic heterocycles. The highest BCUT2D eigenvalue weighted by atomic mass is 16.1. The van der Waals surface area contributed by atoms with Gasteiger partial charge in [-0.2, -0.15) is 0 Å². The molecule has 0 saturated carbocycles. The van der Waals surface area contributed by atoms with E-state index in [0.717, 1.165) is 12.8 Å². The van der Waals surface area contributed by atoms with Crippen molar-refractivity contribution in [2.75, 3.05) is 0 Å². The van der Waals surface area contributed by atoms with Crippen molar-refractivity contribution in [1.29, 1.82) is 0 Å². The van der Waals surface area contributed by atoms with Crippen LogP contribution in [0.3, 0.4) is 0 Å². The van der Waals surface area contributed by atoms with E-state index in [-0.39, 0.29) is 5.78 Å². The van der Waals surface area contributed by atoms with Gasteiger partial charge in [0.05, 0.1) is 0 Å². The molecular formula is C9H16O. The smallest absolute Gasteiger partial charge is 0.133 e.